The summed E-state index contributed by atoms with van der Waals surface area (Å²) in [7, 11) is 0. The zero-order chi connectivity index (χ0) is 36.8. The first-order chi connectivity index (χ1) is 23.6. The molecule has 0 aliphatic carbocycles. The molecule has 50 heavy (non-hydrogen) atoms. The molecule has 1 heterocycles. The number of aromatic hydroxyl groups is 2. The Bertz CT molecular complexity index is 1560. The van der Waals surface area contributed by atoms with Gasteiger partial charge in [-0.3, -0.25) is 0 Å². The van der Waals surface area contributed by atoms with Crippen LogP contribution in [0.15, 0.2) is 72.8 Å². The van der Waals surface area contributed by atoms with Crippen LogP contribution in [0.1, 0.15) is 30.5 Å². The van der Waals surface area contributed by atoms with E-state index in [-0.39, 0.29) is 23.9 Å². The summed E-state index contributed by atoms with van der Waals surface area (Å²) in [6.07, 6.45) is -11.6. The molecule has 0 amide bonds. The van der Waals surface area contributed by atoms with Crippen molar-refractivity contribution in [2.45, 2.75) is 87.4 Å². The van der Waals surface area contributed by atoms with Gasteiger partial charge in [-0.15, -0.1) is 0 Å². The van der Waals surface area contributed by atoms with Gasteiger partial charge in [0.05, 0.1) is 12.7 Å². The summed E-state index contributed by atoms with van der Waals surface area (Å²) < 4.78 is 21.8. The molecule has 1 saturated heterocycles. The molecule has 0 saturated carbocycles. The zero-order valence-corrected chi connectivity index (χ0v) is 27.3. The summed E-state index contributed by atoms with van der Waals surface area (Å²) in [5.41, 5.74) is -3.90. The lowest BCUT2D eigenvalue weighted by molar-refractivity contribution is -0.277. The third-order valence-corrected chi connectivity index (χ3v) is 8.57. The average molecular weight is 703 g/mol. The topological polar surface area (TPSA) is 253 Å². The van der Waals surface area contributed by atoms with Gasteiger partial charge in [0.2, 0.25) is 11.9 Å². The number of benzene rings is 3. The van der Waals surface area contributed by atoms with Crippen LogP contribution in [0.4, 0.5) is 0 Å². The van der Waals surface area contributed by atoms with Crippen molar-refractivity contribution in [1.82, 2.24) is 0 Å². The van der Waals surface area contributed by atoms with Gasteiger partial charge >= 0.3 is 11.9 Å². The first-order valence-electron chi connectivity index (χ1n) is 15.7. The predicted molar refractivity (Wildman–Crippen MR) is 171 cm³/mol. The number of rotatable bonds is 14. The summed E-state index contributed by atoms with van der Waals surface area (Å²) in [5, 5.41) is 92.2. The number of hydrogen-bond donors (Lipinski definition) is 9. The van der Waals surface area contributed by atoms with E-state index in [9.17, 15) is 55.5 Å². The molecular weight excluding hydrogens is 660 g/mol. The van der Waals surface area contributed by atoms with E-state index in [4.69, 9.17) is 18.9 Å². The maximum atomic E-state index is 13.5. The standard InChI is InChI=1S/C35H42O15/c1-19(37)34(45,15-21-3-9-24(38)10-4-21)33(44)48-20(2)35(46,16-22-5-11-25(39)12-6-22)32(43)47-18-23-7-13-26(14-8-23)49-31-30(42)29(41)28(40)27(17-36)50-31/h3-14,19-20,27-31,36-42,45-46H,15-18H2,1-2H3/t19-,20-,27-,28+,29+,30+,31+,34-,35-/m0/s1. The van der Waals surface area contributed by atoms with Gasteiger partial charge in [0.15, 0.2) is 5.60 Å². The third kappa shape index (κ3) is 8.88. The third-order valence-electron chi connectivity index (χ3n) is 8.57. The van der Waals surface area contributed by atoms with E-state index in [0.29, 0.717) is 16.7 Å². The lowest BCUT2D eigenvalue weighted by Crippen LogP contribution is -2.60. The Kier molecular flexibility index (Phi) is 12.4. The molecule has 4 rings (SSSR count). The van der Waals surface area contributed by atoms with Gasteiger partial charge in [0.1, 0.15) is 54.4 Å². The second kappa shape index (κ2) is 16.1. The molecule has 3 aromatic carbocycles. The number of hydrogen-bond acceptors (Lipinski definition) is 15. The maximum absolute atomic E-state index is 13.5. The molecule has 1 fully saturated rings. The Morgan fingerprint density at radius 3 is 1.74 bits per heavy atom. The van der Waals surface area contributed by atoms with E-state index in [2.05, 4.69) is 0 Å². The molecule has 0 radical (unpaired) electrons. The predicted octanol–water partition coefficient (Wildman–Crippen LogP) is -0.420. The fourth-order valence-electron chi connectivity index (χ4n) is 5.22. The summed E-state index contributed by atoms with van der Waals surface area (Å²) in [4.78, 5) is 26.9. The van der Waals surface area contributed by atoms with E-state index >= 15 is 0 Å². The number of esters is 2. The number of aliphatic hydroxyl groups is 7. The van der Waals surface area contributed by atoms with Crippen molar-refractivity contribution in [3.8, 4) is 17.2 Å². The molecule has 1 aliphatic rings. The molecule has 0 aromatic heterocycles. The number of carbonyl (C=O) groups excluding carboxylic acids is 2. The Balaban J connectivity index is 1.48. The van der Waals surface area contributed by atoms with Gasteiger partial charge in [0.25, 0.3) is 0 Å². The first kappa shape index (κ1) is 38.5. The van der Waals surface area contributed by atoms with Gasteiger partial charge in [-0.1, -0.05) is 36.4 Å². The van der Waals surface area contributed by atoms with E-state index in [1.165, 1.54) is 86.6 Å². The SMILES string of the molecule is C[C@H](O)[C@@](O)(Cc1ccc(O)cc1)C(=O)O[C@@H](C)[C@@](O)(Cc1ccc(O)cc1)C(=O)OCc1ccc(O[C@@H]2O[C@@H](CO)[C@@H](O)[C@@H](O)[C@H]2O)cc1. The Morgan fingerprint density at radius 2 is 1.24 bits per heavy atom. The maximum Gasteiger partial charge on any atom is 0.342 e. The van der Waals surface area contributed by atoms with Gasteiger partial charge in [-0.05, 0) is 66.9 Å². The Labute approximate surface area is 287 Å². The monoisotopic (exact) mass is 702 g/mol. The van der Waals surface area contributed by atoms with Crippen LogP contribution in [0, 0.1) is 0 Å². The minimum atomic E-state index is -2.53. The minimum absolute atomic E-state index is 0.0549. The molecular formula is C35H42O15. The highest BCUT2D eigenvalue weighted by Gasteiger charge is 2.50. The average Bonchev–Trinajstić information content (AvgIpc) is 3.09. The van der Waals surface area contributed by atoms with Gasteiger partial charge in [-0.2, -0.15) is 0 Å². The van der Waals surface area contributed by atoms with Crippen LogP contribution < -0.4 is 4.74 Å². The van der Waals surface area contributed by atoms with E-state index in [1.54, 1.807) is 0 Å². The van der Waals surface area contributed by atoms with Crippen LogP contribution in [0.5, 0.6) is 17.2 Å². The smallest absolute Gasteiger partial charge is 0.342 e. The molecule has 15 nitrogen and oxygen atoms in total. The summed E-state index contributed by atoms with van der Waals surface area (Å²) in [6, 6.07) is 16.9. The number of carbonyl (C=O) groups is 2. The van der Waals surface area contributed by atoms with Crippen molar-refractivity contribution in [2.24, 2.45) is 0 Å². The van der Waals surface area contributed by atoms with Crippen molar-refractivity contribution in [2.75, 3.05) is 6.61 Å². The van der Waals surface area contributed by atoms with Crippen molar-refractivity contribution in [1.29, 1.82) is 0 Å². The highest BCUT2D eigenvalue weighted by molar-refractivity contribution is 5.84. The normalized spacial score (nSPS) is 24.2. The summed E-state index contributed by atoms with van der Waals surface area (Å²) in [5.74, 6) is -2.51. The van der Waals surface area contributed by atoms with Crippen LogP contribution in [-0.2, 0) is 43.2 Å². The molecule has 3 aromatic rings. The fourth-order valence-corrected chi connectivity index (χ4v) is 5.22. The van der Waals surface area contributed by atoms with Crippen LogP contribution in [0.2, 0.25) is 0 Å². The van der Waals surface area contributed by atoms with Crippen molar-refractivity contribution < 1.29 is 74.5 Å². The van der Waals surface area contributed by atoms with Crippen LogP contribution in [-0.4, -0.2) is 119 Å². The highest BCUT2D eigenvalue weighted by Crippen LogP contribution is 2.29. The van der Waals surface area contributed by atoms with Crippen LogP contribution >= 0.6 is 0 Å². The molecule has 0 bridgehead atoms. The van der Waals surface area contributed by atoms with E-state index in [0.717, 1.165) is 0 Å². The number of phenols is 2. The number of aliphatic hydroxyl groups excluding tert-OH is 5. The minimum Gasteiger partial charge on any atom is -0.508 e. The van der Waals surface area contributed by atoms with Crippen molar-refractivity contribution >= 4 is 11.9 Å². The molecule has 272 valence electrons. The van der Waals surface area contributed by atoms with E-state index < -0.39 is 85.5 Å². The van der Waals surface area contributed by atoms with Gasteiger partial charge < -0.3 is 64.9 Å². The quantitative estimate of drug-likeness (QED) is 0.0968. The first-order valence-corrected chi connectivity index (χ1v) is 15.7. The Morgan fingerprint density at radius 1 is 0.740 bits per heavy atom. The van der Waals surface area contributed by atoms with Gasteiger partial charge in [0, 0.05) is 12.8 Å². The van der Waals surface area contributed by atoms with Crippen molar-refractivity contribution in [3.63, 3.8) is 0 Å². The highest BCUT2D eigenvalue weighted by atomic mass is 16.7. The van der Waals surface area contributed by atoms with Gasteiger partial charge in [-0.25, -0.2) is 9.59 Å². The number of phenolic OH excluding ortho intramolecular Hbond substituents is 2. The number of ether oxygens (including phenoxy) is 4. The van der Waals surface area contributed by atoms with Crippen LogP contribution in [0.3, 0.4) is 0 Å². The molecule has 1 aliphatic heterocycles. The second-order valence-corrected chi connectivity index (χ2v) is 12.3. The van der Waals surface area contributed by atoms with Crippen molar-refractivity contribution in [3.05, 3.63) is 89.5 Å². The molecule has 0 spiro atoms. The van der Waals surface area contributed by atoms with E-state index in [1.807, 2.05) is 0 Å². The van der Waals surface area contributed by atoms with Crippen LogP contribution in [0.25, 0.3) is 0 Å². The molecule has 15 heteroatoms. The Hall–Kier alpha value is -4.32. The summed E-state index contributed by atoms with van der Waals surface area (Å²) >= 11 is 0. The molecule has 9 N–H and O–H groups in total. The fraction of sp³-hybridized carbons (Fsp3) is 0.429. The summed E-state index contributed by atoms with van der Waals surface area (Å²) in [6.45, 7) is 1.38. The lowest BCUT2D eigenvalue weighted by atomic mass is 9.87. The second-order valence-electron chi connectivity index (χ2n) is 12.3. The largest absolute Gasteiger partial charge is 0.508 e. The molecule has 9 atom stereocenters. The zero-order valence-electron chi connectivity index (χ0n) is 27.3. The molecule has 0 unspecified atom stereocenters. The lowest BCUT2D eigenvalue weighted by Gasteiger charge is -2.39.